The topological polar surface area (TPSA) is 20.3 Å². The molecule has 0 unspecified atom stereocenters. The molecule has 0 bridgehead atoms. The third kappa shape index (κ3) is 3.56. The second-order valence-electron chi connectivity index (χ2n) is 4.32. The third-order valence-electron chi connectivity index (χ3n) is 3.06. The van der Waals surface area contributed by atoms with E-state index in [1.54, 1.807) is 19.1 Å². The Balaban J connectivity index is 0.000000771. The minimum atomic E-state index is -0.303. The summed E-state index contributed by atoms with van der Waals surface area (Å²) in [5.74, 6) is -0.346. The number of hydrogen-bond acceptors (Lipinski definition) is 1. The molecule has 1 heterocycles. The highest BCUT2D eigenvalue weighted by Gasteiger charge is 2.18. The summed E-state index contributed by atoms with van der Waals surface area (Å²) in [5.41, 5.74) is 1.04. The minimum Gasteiger partial charge on any atom is -0.339 e. The van der Waals surface area contributed by atoms with Crippen LogP contribution in [0, 0.1) is 12.7 Å². The maximum Gasteiger partial charge on any atom is 0.253 e. The largest absolute Gasteiger partial charge is 0.339 e. The Morgan fingerprint density at radius 1 is 1.17 bits per heavy atom. The molecule has 0 aliphatic carbocycles. The van der Waals surface area contributed by atoms with Crippen molar-refractivity contribution >= 4 is 5.91 Å². The molecule has 1 aromatic carbocycles. The van der Waals surface area contributed by atoms with Gasteiger partial charge in [-0.3, -0.25) is 4.79 Å². The van der Waals surface area contributed by atoms with Crippen molar-refractivity contribution in [2.75, 3.05) is 13.1 Å². The van der Waals surface area contributed by atoms with E-state index in [9.17, 15) is 9.18 Å². The Morgan fingerprint density at radius 2 is 1.78 bits per heavy atom. The van der Waals surface area contributed by atoms with Crippen LogP contribution in [0.3, 0.4) is 0 Å². The Labute approximate surface area is 109 Å². The molecule has 0 N–H and O–H groups in total. The Bertz CT molecular complexity index is 397. The molecule has 2 rings (SSSR count). The van der Waals surface area contributed by atoms with E-state index in [-0.39, 0.29) is 11.7 Å². The first kappa shape index (κ1) is 14.7. The third-order valence-corrected chi connectivity index (χ3v) is 3.06. The number of hydrogen-bond donors (Lipinski definition) is 0. The number of benzene rings is 1. The number of rotatable bonds is 1. The van der Waals surface area contributed by atoms with E-state index in [1.165, 1.54) is 12.5 Å². The van der Waals surface area contributed by atoms with E-state index in [4.69, 9.17) is 0 Å². The molecule has 0 radical (unpaired) electrons. The lowest BCUT2D eigenvalue weighted by molar-refractivity contribution is 0.0724. The standard InChI is InChI=1S/C13H16FNO.C2H6/c1-10-5-6-11(9-12(10)14)13(16)15-7-3-2-4-8-15;1-2/h5-6,9H,2-4,7-8H2,1H3;1-2H3. The Morgan fingerprint density at radius 3 is 2.33 bits per heavy atom. The predicted octanol–water partition coefficient (Wildman–Crippen LogP) is 3.79. The number of carbonyl (C=O) groups excluding carboxylic acids is 1. The quantitative estimate of drug-likeness (QED) is 0.743. The van der Waals surface area contributed by atoms with Crippen LogP contribution in [0.4, 0.5) is 4.39 Å². The van der Waals surface area contributed by atoms with Crippen molar-refractivity contribution in [2.45, 2.75) is 40.0 Å². The van der Waals surface area contributed by atoms with Gasteiger partial charge in [-0.05, 0) is 43.9 Å². The van der Waals surface area contributed by atoms with Crippen molar-refractivity contribution in [2.24, 2.45) is 0 Å². The van der Waals surface area contributed by atoms with Crippen LogP contribution in [0.15, 0.2) is 18.2 Å². The molecule has 0 saturated carbocycles. The van der Waals surface area contributed by atoms with Gasteiger partial charge in [-0.2, -0.15) is 0 Å². The lowest BCUT2D eigenvalue weighted by Gasteiger charge is -2.26. The molecule has 2 nitrogen and oxygen atoms in total. The van der Waals surface area contributed by atoms with Gasteiger partial charge in [0.2, 0.25) is 0 Å². The molecule has 0 aromatic heterocycles. The average Bonchev–Trinajstić information content (AvgIpc) is 2.44. The van der Waals surface area contributed by atoms with Gasteiger partial charge in [-0.15, -0.1) is 0 Å². The first-order valence-electron chi connectivity index (χ1n) is 6.74. The summed E-state index contributed by atoms with van der Waals surface area (Å²) < 4.78 is 13.3. The molecule has 100 valence electrons. The second-order valence-corrected chi connectivity index (χ2v) is 4.32. The summed E-state index contributed by atoms with van der Waals surface area (Å²) in [6.07, 6.45) is 3.30. The fourth-order valence-electron chi connectivity index (χ4n) is 2.01. The van der Waals surface area contributed by atoms with Crippen molar-refractivity contribution < 1.29 is 9.18 Å². The van der Waals surface area contributed by atoms with Gasteiger partial charge in [0, 0.05) is 18.7 Å². The number of halogens is 1. The monoisotopic (exact) mass is 251 g/mol. The van der Waals surface area contributed by atoms with Crippen LogP contribution in [0.5, 0.6) is 0 Å². The first-order valence-corrected chi connectivity index (χ1v) is 6.74. The number of amides is 1. The highest BCUT2D eigenvalue weighted by molar-refractivity contribution is 5.94. The predicted molar refractivity (Wildman–Crippen MR) is 72.2 cm³/mol. The van der Waals surface area contributed by atoms with Crippen LogP contribution in [-0.2, 0) is 0 Å². The lowest BCUT2D eigenvalue weighted by Crippen LogP contribution is -2.35. The molecular formula is C15H22FNO. The maximum atomic E-state index is 13.3. The van der Waals surface area contributed by atoms with Gasteiger partial charge in [-0.1, -0.05) is 19.9 Å². The Kier molecular flexibility index (Phi) is 5.83. The summed E-state index contributed by atoms with van der Waals surface area (Å²) in [6.45, 7) is 7.30. The SMILES string of the molecule is CC.Cc1ccc(C(=O)N2CCCCC2)cc1F. The molecule has 0 spiro atoms. The summed E-state index contributed by atoms with van der Waals surface area (Å²) in [6, 6.07) is 4.70. The second kappa shape index (κ2) is 7.14. The van der Waals surface area contributed by atoms with E-state index < -0.39 is 0 Å². The molecule has 3 heteroatoms. The van der Waals surface area contributed by atoms with E-state index >= 15 is 0 Å². The van der Waals surface area contributed by atoms with Crippen LogP contribution in [0.1, 0.15) is 49.0 Å². The zero-order chi connectivity index (χ0) is 13.5. The van der Waals surface area contributed by atoms with Crippen LogP contribution in [0.25, 0.3) is 0 Å². The minimum absolute atomic E-state index is 0.0430. The average molecular weight is 251 g/mol. The van der Waals surface area contributed by atoms with E-state index in [0.717, 1.165) is 25.9 Å². The fourth-order valence-corrected chi connectivity index (χ4v) is 2.01. The van der Waals surface area contributed by atoms with Crippen molar-refractivity contribution in [1.29, 1.82) is 0 Å². The molecule has 0 atom stereocenters. The molecule has 1 saturated heterocycles. The normalized spacial score (nSPS) is 14.8. The molecule has 1 aliphatic rings. The molecule has 1 amide bonds. The highest BCUT2D eigenvalue weighted by atomic mass is 19.1. The van der Waals surface area contributed by atoms with Gasteiger partial charge in [0.25, 0.3) is 5.91 Å². The zero-order valence-corrected chi connectivity index (χ0v) is 11.5. The van der Waals surface area contributed by atoms with Crippen molar-refractivity contribution in [1.82, 2.24) is 4.90 Å². The Hall–Kier alpha value is -1.38. The van der Waals surface area contributed by atoms with Crippen LogP contribution < -0.4 is 0 Å². The number of aryl methyl sites for hydroxylation is 1. The summed E-state index contributed by atoms with van der Waals surface area (Å²) >= 11 is 0. The summed E-state index contributed by atoms with van der Waals surface area (Å²) in [5, 5.41) is 0. The van der Waals surface area contributed by atoms with Gasteiger partial charge in [0.15, 0.2) is 0 Å². The number of piperidine rings is 1. The maximum absolute atomic E-state index is 13.3. The number of nitrogens with zero attached hydrogens (tertiary/aromatic N) is 1. The van der Waals surface area contributed by atoms with Gasteiger partial charge in [-0.25, -0.2) is 4.39 Å². The van der Waals surface area contributed by atoms with E-state index in [0.29, 0.717) is 11.1 Å². The van der Waals surface area contributed by atoms with E-state index in [1.807, 2.05) is 18.7 Å². The van der Waals surface area contributed by atoms with Gasteiger partial charge < -0.3 is 4.90 Å². The smallest absolute Gasteiger partial charge is 0.253 e. The molecule has 1 fully saturated rings. The van der Waals surface area contributed by atoms with Crippen molar-refractivity contribution in [3.63, 3.8) is 0 Å². The van der Waals surface area contributed by atoms with Gasteiger partial charge in [0.1, 0.15) is 5.82 Å². The first-order chi connectivity index (χ1) is 8.68. The summed E-state index contributed by atoms with van der Waals surface area (Å²) in [7, 11) is 0. The lowest BCUT2D eigenvalue weighted by atomic mass is 10.1. The fraction of sp³-hybridized carbons (Fsp3) is 0.533. The number of likely N-dealkylation sites (tertiary alicyclic amines) is 1. The summed E-state index contributed by atoms with van der Waals surface area (Å²) in [4.78, 5) is 13.8. The number of carbonyl (C=O) groups is 1. The van der Waals surface area contributed by atoms with Crippen LogP contribution in [0.2, 0.25) is 0 Å². The van der Waals surface area contributed by atoms with Gasteiger partial charge in [0.05, 0.1) is 0 Å². The molecule has 1 aromatic rings. The molecular weight excluding hydrogens is 229 g/mol. The van der Waals surface area contributed by atoms with Crippen LogP contribution in [-0.4, -0.2) is 23.9 Å². The van der Waals surface area contributed by atoms with Crippen molar-refractivity contribution in [3.05, 3.63) is 35.1 Å². The molecule has 1 aliphatic heterocycles. The van der Waals surface area contributed by atoms with Gasteiger partial charge >= 0.3 is 0 Å². The van der Waals surface area contributed by atoms with Crippen molar-refractivity contribution in [3.8, 4) is 0 Å². The zero-order valence-electron chi connectivity index (χ0n) is 11.5. The highest BCUT2D eigenvalue weighted by Crippen LogP contribution is 2.15. The van der Waals surface area contributed by atoms with Crippen LogP contribution >= 0.6 is 0 Å². The molecule has 18 heavy (non-hydrogen) atoms. The van der Waals surface area contributed by atoms with E-state index in [2.05, 4.69) is 0 Å².